The van der Waals surface area contributed by atoms with E-state index < -0.39 is 0 Å². The van der Waals surface area contributed by atoms with Crippen molar-refractivity contribution >= 4 is 29.5 Å². The molecule has 0 spiro atoms. The fraction of sp³-hybridized carbons (Fsp3) is 0.929. The first-order valence-electron chi connectivity index (χ1n) is 6.99. The zero-order valence-electron chi connectivity index (χ0n) is 11.7. The predicted octanol–water partition coefficient (Wildman–Crippen LogP) is 4.08. The van der Waals surface area contributed by atoms with Gasteiger partial charge in [0.05, 0.1) is 10.7 Å². The lowest BCUT2D eigenvalue weighted by Crippen LogP contribution is -2.41. The van der Waals surface area contributed by atoms with Gasteiger partial charge in [0.15, 0.2) is 4.93 Å². The number of esters is 1. The summed E-state index contributed by atoms with van der Waals surface area (Å²) < 4.78 is 6.04. The van der Waals surface area contributed by atoms with Crippen molar-refractivity contribution in [2.45, 2.75) is 63.1 Å². The van der Waals surface area contributed by atoms with Crippen LogP contribution in [0.3, 0.4) is 0 Å². The van der Waals surface area contributed by atoms with Crippen molar-refractivity contribution in [2.24, 2.45) is 5.41 Å². The number of thioether (sulfide) groups is 2. The van der Waals surface area contributed by atoms with Crippen LogP contribution in [0.2, 0.25) is 0 Å². The molecule has 1 aliphatic carbocycles. The molecule has 0 aromatic carbocycles. The van der Waals surface area contributed by atoms with Crippen molar-refractivity contribution in [3.63, 3.8) is 0 Å². The monoisotopic (exact) mass is 288 g/mol. The number of carbonyl (C=O) groups excluding carboxylic acids is 1. The van der Waals surface area contributed by atoms with Crippen LogP contribution in [0, 0.1) is 5.41 Å². The third-order valence-electron chi connectivity index (χ3n) is 4.14. The quantitative estimate of drug-likeness (QED) is 0.731. The normalized spacial score (nSPS) is 32.7. The van der Waals surface area contributed by atoms with Crippen LogP contribution in [-0.2, 0) is 9.53 Å². The molecule has 18 heavy (non-hydrogen) atoms. The molecule has 0 bridgehead atoms. The lowest BCUT2D eigenvalue weighted by Gasteiger charge is -2.35. The summed E-state index contributed by atoms with van der Waals surface area (Å²) in [4.78, 5) is 12.2. The predicted molar refractivity (Wildman–Crippen MR) is 80.1 cm³/mol. The summed E-state index contributed by atoms with van der Waals surface area (Å²) in [6, 6.07) is 0. The van der Waals surface area contributed by atoms with E-state index in [4.69, 9.17) is 4.74 Å². The van der Waals surface area contributed by atoms with Crippen LogP contribution in [0.4, 0.5) is 0 Å². The van der Waals surface area contributed by atoms with E-state index in [9.17, 15) is 4.79 Å². The smallest absolute Gasteiger partial charge is 0.312 e. The minimum Gasteiger partial charge on any atom is -0.446 e. The number of hydrogen-bond acceptors (Lipinski definition) is 4. The van der Waals surface area contributed by atoms with Gasteiger partial charge < -0.3 is 4.74 Å². The topological polar surface area (TPSA) is 26.3 Å². The summed E-state index contributed by atoms with van der Waals surface area (Å²) in [6.45, 7) is 6.04. The molecule has 0 amide bonds. The fourth-order valence-electron chi connectivity index (χ4n) is 2.41. The van der Waals surface area contributed by atoms with Gasteiger partial charge in [0, 0.05) is 0 Å². The third kappa shape index (κ3) is 2.84. The van der Waals surface area contributed by atoms with E-state index >= 15 is 0 Å². The molecule has 1 aliphatic heterocycles. The number of ether oxygens (including phenoxy) is 1. The minimum atomic E-state index is -0.348. The molecule has 1 saturated carbocycles. The van der Waals surface area contributed by atoms with Crippen molar-refractivity contribution in [2.75, 3.05) is 11.5 Å². The lowest BCUT2D eigenvalue weighted by molar-refractivity contribution is -0.161. The molecule has 2 unspecified atom stereocenters. The second-order valence-corrected chi connectivity index (χ2v) is 8.59. The second kappa shape index (κ2) is 5.66. The van der Waals surface area contributed by atoms with E-state index in [2.05, 4.69) is 6.92 Å². The van der Waals surface area contributed by atoms with Crippen molar-refractivity contribution < 1.29 is 9.53 Å². The van der Waals surface area contributed by atoms with Crippen molar-refractivity contribution in [1.82, 2.24) is 0 Å². The maximum atomic E-state index is 12.4. The third-order valence-corrected chi connectivity index (χ3v) is 7.38. The molecular formula is C14H24O2S2. The van der Waals surface area contributed by atoms with Crippen LogP contribution in [0.5, 0.6) is 0 Å². The molecule has 2 atom stereocenters. The van der Waals surface area contributed by atoms with Gasteiger partial charge in [-0.1, -0.05) is 6.92 Å². The Morgan fingerprint density at radius 2 is 2.17 bits per heavy atom. The van der Waals surface area contributed by atoms with Crippen molar-refractivity contribution in [3.05, 3.63) is 0 Å². The molecule has 1 heterocycles. The molecule has 0 radical (unpaired) electrons. The Labute approximate surface area is 119 Å². The highest BCUT2D eigenvalue weighted by molar-refractivity contribution is 8.04. The average molecular weight is 288 g/mol. The molecule has 2 fully saturated rings. The van der Waals surface area contributed by atoms with Gasteiger partial charge in [-0.05, 0) is 57.5 Å². The minimum absolute atomic E-state index is 0.00750. The van der Waals surface area contributed by atoms with Crippen LogP contribution in [0.1, 0.15) is 52.9 Å². The van der Waals surface area contributed by atoms with Gasteiger partial charge in [-0.15, -0.1) is 11.8 Å². The highest BCUT2D eigenvalue weighted by atomic mass is 32.2. The van der Waals surface area contributed by atoms with Gasteiger partial charge in [-0.25, -0.2) is 0 Å². The number of fused-ring (bicyclic) bond motifs is 1. The van der Waals surface area contributed by atoms with Crippen LogP contribution in [-0.4, -0.2) is 27.7 Å². The molecule has 0 N–H and O–H groups in total. The molecule has 2 nitrogen and oxygen atoms in total. The van der Waals surface area contributed by atoms with Gasteiger partial charge >= 0.3 is 5.97 Å². The summed E-state index contributed by atoms with van der Waals surface area (Å²) in [5.41, 5.74) is -0.348. The Morgan fingerprint density at radius 1 is 1.39 bits per heavy atom. The second-order valence-electron chi connectivity index (χ2n) is 5.89. The summed E-state index contributed by atoms with van der Waals surface area (Å²) in [6.07, 6.45) is 5.52. The molecule has 0 aromatic rings. The highest BCUT2D eigenvalue weighted by Crippen LogP contribution is 2.51. The van der Waals surface area contributed by atoms with Crippen molar-refractivity contribution in [1.29, 1.82) is 0 Å². The molecule has 1 saturated heterocycles. The maximum Gasteiger partial charge on any atom is 0.312 e. The van der Waals surface area contributed by atoms with Crippen LogP contribution in [0.15, 0.2) is 0 Å². The summed E-state index contributed by atoms with van der Waals surface area (Å²) in [5, 5.41) is 0.515. The first-order chi connectivity index (χ1) is 8.50. The van der Waals surface area contributed by atoms with E-state index in [0.29, 0.717) is 5.25 Å². The summed E-state index contributed by atoms with van der Waals surface area (Å²) >= 11 is 3.91. The zero-order valence-corrected chi connectivity index (χ0v) is 13.3. The number of hydrogen-bond donors (Lipinski definition) is 0. The Hall–Kier alpha value is 0.170. The van der Waals surface area contributed by atoms with E-state index in [1.807, 2.05) is 37.4 Å². The SMILES string of the molecule is CCC(C)(C)C(=O)OC12CCCC1SCCCS2. The molecule has 0 aromatic heterocycles. The number of carbonyl (C=O) groups is 1. The van der Waals surface area contributed by atoms with Crippen LogP contribution < -0.4 is 0 Å². The molecule has 4 heteroatoms. The van der Waals surface area contributed by atoms with Crippen LogP contribution >= 0.6 is 23.5 Å². The van der Waals surface area contributed by atoms with Gasteiger partial charge in [0.1, 0.15) is 0 Å². The fourth-order valence-corrected chi connectivity index (χ4v) is 5.71. The molecule has 104 valence electrons. The summed E-state index contributed by atoms with van der Waals surface area (Å²) in [7, 11) is 0. The van der Waals surface area contributed by atoms with E-state index in [0.717, 1.165) is 18.6 Å². The lowest BCUT2D eigenvalue weighted by atomic mass is 9.90. The Balaban J connectivity index is 2.11. The number of rotatable bonds is 3. The summed E-state index contributed by atoms with van der Waals surface area (Å²) in [5.74, 6) is 2.34. The Bertz CT molecular complexity index is 317. The van der Waals surface area contributed by atoms with Crippen molar-refractivity contribution in [3.8, 4) is 0 Å². The average Bonchev–Trinajstić information content (AvgIpc) is 2.62. The van der Waals surface area contributed by atoms with E-state index in [-0.39, 0.29) is 16.3 Å². The molecule has 2 aliphatic rings. The van der Waals surface area contributed by atoms with Gasteiger partial charge in [-0.2, -0.15) is 11.8 Å². The Kier molecular flexibility index (Phi) is 4.58. The molecular weight excluding hydrogens is 264 g/mol. The molecule has 2 rings (SSSR count). The maximum absolute atomic E-state index is 12.4. The van der Waals surface area contributed by atoms with Gasteiger partial charge in [0.25, 0.3) is 0 Å². The Morgan fingerprint density at radius 3 is 2.89 bits per heavy atom. The van der Waals surface area contributed by atoms with Gasteiger partial charge in [-0.3, -0.25) is 4.79 Å². The zero-order chi connectivity index (χ0) is 13.2. The first-order valence-corrected chi connectivity index (χ1v) is 9.03. The van der Waals surface area contributed by atoms with E-state index in [1.165, 1.54) is 25.0 Å². The largest absolute Gasteiger partial charge is 0.446 e. The van der Waals surface area contributed by atoms with E-state index in [1.54, 1.807) is 0 Å². The first kappa shape index (κ1) is 14.6. The standard InChI is InChI=1S/C14H24O2S2/c1-4-13(2,3)12(15)16-14-8-5-7-11(14)17-9-6-10-18-14/h11H,4-10H2,1-3H3. The highest BCUT2D eigenvalue weighted by Gasteiger charge is 2.49. The van der Waals surface area contributed by atoms with Gasteiger partial charge in [0.2, 0.25) is 0 Å². The van der Waals surface area contributed by atoms with Crippen LogP contribution in [0.25, 0.3) is 0 Å².